The van der Waals surface area contributed by atoms with Gasteiger partial charge < -0.3 is 10.6 Å². The third-order valence-electron chi connectivity index (χ3n) is 4.87. The molecule has 1 aromatic carbocycles. The summed E-state index contributed by atoms with van der Waals surface area (Å²) in [5, 5.41) is 6.13. The minimum atomic E-state index is -4.36. The lowest BCUT2D eigenvalue weighted by atomic mass is 10.1. The molecule has 146 valence electrons. The van der Waals surface area contributed by atoms with Gasteiger partial charge in [-0.1, -0.05) is 29.8 Å². The summed E-state index contributed by atoms with van der Waals surface area (Å²) in [5.74, 6) is -0.622. The standard InChI is InChI=1S/C17H21ClF3N3O.ClH/c18-14-4-2-1-3-11(14)12-9-13(12)16(25)23-10-15(17(19,20)21)24-7-5-22-6-8-24;/h1-4,12-13,15,22H,5-10H2,(H,23,25);1H. The highest BCUT2D eigenvalue weighted by Crippen LogP contribution is 2.49. The van der Waals surface area contributed by atoms with Crippen molar-refractivity contribution < 1.29 is 18.0 Å². The fourth-order valence-corrected chi connectivity index (χ4v) is 3.65. The molecule has 9 heteroatoms. The highest BCUT2D eigenvalue weighted by atomic mass is 35.5. The van der Waals surface area contributed by atoms with Gasteiger partial charge >= 0.3 is 6.18 Å². The third kappa shape index (κ3) is 5.03. The van der Waals surface area contributed by atoms with Gasteiger partial charge in [-0.15, -0.1) is 12.4 Å². The van der Waals surface area contributed by atoms with E-state index in [-0.39, 0.29) is 30.2 Å². The van der Waals surface area contributed by atoms with Crippen molar-refractivity contribution in [1.82, 2.24) is 15.5 Å². The van der Waals surface area contributed by atoms with Crippen LogP contribution in [0.5, 0.6) is 0 Å². The summed E-state index contributed by atoms with van der Waals surface area (Å²) < 4.78 is 40.0. The predicted molar refractivity (Wildman–Crippen MR) is 96.8 cm³/mol. The summed E-state index contributed by atoms with van der Waals surface area (Å²) in [6.45, 7) is 1.29. The Morgan fingerprint density at radius 1 is 1.31 bits per heavy atom. The van der Waals surface area contributed by atoms with Gasteiger partial charge in [0.25, 0.3) is 0 Å². The SMILES string of the molecule is Cl.O=C(NCC(N1CCNCC1)C(F)(F)F)C1CC1c1ccccc1Cl. The molecular weight excluding hydrogens is 390 g/mol. The highest BCUT2D eigenvalue weighted by molar-refractivity contribution is 6.31. The predicted octanol–water partition coefficient (Wildman–Crippen LogP) is 2.82. The Kier molecular flexibility index (Phi) is 7.19. The van der Waals surface area contributed by atoms with Crippen LogP contribution < -0.4 is 10.6 Å². The zero-order valence-corrected chi connectivity index (χ0v) is 15.6. The number of halogens is 5. The van der Waals surface area contributed by atoms with Crippen LogP contribution in [0.15, 0.2) is 24.3 Å². The number of rotatable bonds is 5. The van der Waals surface area contributed by atoms with Crippen molar-refractivity contribution in [3.8, 4) is 0 Å². The monoisotopic (exact) mass is 411 g/mol. The Labute approximate surface area is 161 Å². The molecule has 1 heterocycles. The lowest BCUT2D eigenvalue weighted by Crippen LogP contribution is -2.57. The van der Waals surface area contributed by atoms with Crippen LogP contribution in [0.25, 0.3) is 0 Å². The molecule has 0 radical (unpaired) electrons. The third-order valence-corrected chi connectivity index (χ3v) is 5.22. The Bertz CT molecular complexity index is 624. The average molecular weight is 412 g/mol. The van der Waals surface area contributed by atoms with Crippen molar-refractivity contribution in [2.75, 3.05) is 32.7 Å². The summed E-state index contributed by atoms with van der Waals surface area (Å²) in [6.07, 6.45) is -3.74. The number of nitrogens with zero attached hydrogens (tertiary/aromatic N) is 1. The smallest absolute Gasteiger partial charge is 0.354 e. The Hall–Kier alpha value is -1.02. The summed E-state index contributed by atoms with van der Waals surface area (Å²) >= 11 is 6.13. The lowest BCUT2D eigenvalue weighted by molar-refractivity contribution is -0.184. The molecule has 2 fully saturated rings. The Morgan fingerprint density at radius 2 is 1.96 bits per heavy atom. The summed E-state index contributed by atoms with van der Waals surface area (Å²) in [6, 6.07) is 5.63. The maximum absolute atomic E-state index is 13.3. The van der Waals surface area contributed by atoms with E-state index < -0.39 is 18.8 Å². The van der Waals surface area contributed by atoms with E-state index in [4.69, 9.17) is 11.6 Å². The van der Waals surface area contributed by atoms with Gasteiger partial charge in [-0.2, -0.15) is 13.2 Å². The van der Waals surface area contributed by atoms with Crippen LogP contribution in [0.1, 0.15) is 17.9 Å². The molecule has 0 spiro atoms. The van der Waals surface area contributed by atoms with Gasteiger partial charge in [0, 0.05) is 43.7 Å². The maximum Gasteiger partial charge on any atom is 0.405 e. The molecule has 1 amide bonds. The zero-order valence-electron chi connectivity index (χ0n) is 14.1. The number of piperazine rings is 1. The first-order valence-corrected chi connectivity index (χ1v) is 8.79. The Balaban J connectivity index is 0.00000243. The molecule has 3 unspecified atom stereocenters. The average Bonchev–Trinajstić information content (AvgIpc) is 3.35. The molecule has 3 rings (SSSR count). The van der Waals surface area contributed by atoms with E-state index in [0.29, 0.717) is 37.6 Å². The van der Waals surface area contributed by atoms with Crippen LogP contribution in [-0.4, -0.2) is 55.7 Å². The first kappa shape index (κ1) is 21.3. The topological polar surface area (TPSA) is 44.4 Å². The lowest BCUT2D eigenvalue weighted by Gasteiger charge is -2.35. The maximum atomic E-state index is 13.3. The van der Waals surface area contributed by atoms with Crippen molar-refractivity contribution in [3.63, 3.8) is 0 Å². The van der Waals surface area contributed by atoms with E-state index in [1.165, 1.54) is 4.90 Å². The molecule has 2 N–H and O–H groups in total. The largest absolute Gasteiger partial charge is 0.405 e. The van der Waals surface area contributed by atoms with Crippen LogP contribution in [0.3, 0.4) is 0 Å². The van der Waals surface area contributed by atoms with Gasteiger partial charge in [0.05, 0.1) is 0 Å². The van der Waals surface area contributed by atoms with E-state index in [9.17, 15) is 18.0 Å². The minimum absolute atomic E-state index is 0. The summed E-state index contributed by atoms with van der Waals surface area (Å²) in [7, 11) is 0. The molecule has 1 saturated heterocycles. The number of alkyl halides is 3. The second kappa shape index (κ2) is 8.78. The van der Waals surface area contributed by atoms with Gasteiger partial charge in [0.15, 0.2) is 0 Å². The van der Waals surface area contributed by atoms with E-state index >= 15 is 0 Å². The van der Waals surface area contributed by atoms with Crippen LogP contribution in [0, 0.1) is 5.92 Å². The van der Waals surface area contributed by atoms with Gasteiger partial charge in [-0.25, -0.2) is 0 Å². The first-order chi connectivity index (χ1) is 11.9. The second-order valence-corrected chi connectivity index (χ2v) is 6.97. The molecule has 0 aromatic heterocycles. The molecular formula is C17H22Cl2F3N3O. The zero-order chi connectivity index (χ0) is 18.0. The molecule has 4 nitrogen and oxygen atoms in total. The van der Waals surface area contributed by atoms with E-state index in [2.05, 4.69) is 10.6 Å². The summed E-state index contributed by atoms with van der Waals surface area (Å²) in [4.78, 5) is 13.6. The molecule has 3 atom stereocenters. The number of carbonyl (C=O) groups is 1. The number of hydrogen-bond donors (Lipinski definition) is 2. The van der Waals surface area contributed by atoms with Gasteiger partial charge in [-0.05, 0) is 24.0 Å². The molecule has 26 heavy (non-hydrogen) atoms. The molecule has 1 saturated carbocycles. The fourth-order valence-electron chi connectivity index (χ4n) is 3.38. The van der Waals surface area contributed by atoms with Crippen molar-refractivity contribution in [2.45, 2.75) is 24.6 Å². The molecule has 1 aliphatic carbocycles. The summed E-state index contributed by atoms with van der Waals surface area (Å²) in [5.41, 5.74) is 0.888. The molecule has 1 aromatic rings. The molecule has 1 aliphatic heterocycles. The second-order valence-electron chi connectivity index (χ2n) is 6.56. The van der Waals surface area contributed by atoms with Gasteiger partial charge in [0.2, 0.25) is 5.91 Å². The van der Waals surface area contributed by atoms with Crippen LogP contribution in [0.2, 0.25) is 5.02 Å². The van der Waals surface area contributed by atoms with Gasteiger partial charge in [0.1, 0.15) is 6.04 Å². The Morgan fingerprint density at radius 3 is 2.58 bits per heavy atom. The van der Waals surface area contributed by atoms with Crippen LogP contribution in [0.4, 0.5) is 13.2 Å². The first-order valence-electron chi connectivity index (χ1n) is 8.41. The number of amides is 1. The van der Waals surface area contributed by atoms with Crippen molar-refractivity contribution in [2.24, 2.45) is 5.92 Å². The highest BCUT2D eigenvalue weighted by Gasteiger charge is 2.47. The number of carbonyl (C=O) groups excluding carboxylic acids is 1. The van der Waals surface area contributed by atoms with E-state index in [1.54, 1.807) is 6.07 Å². The van der Waals surface area contributed by atoms with E-state index in [1.807, 2.05) is 18.2 Å². The van der Waals surface area contributed by atoms with Crippen molar-refractivity contribution in [3.05, 3.63) is 34.9 Å². The normalized spacial score (nSPS) is 24.5. The van der Waals surface area contributed by atoms with E-state index in [0.717, 1.165) is 5.56 Å². The number of benzene rings is 1. The van der Waals surface area contributed by atoms with Gasteiger partial charge in [-0.3, -0.25) is 9.69 Å². The fraction of sp³-hybridized carbons (Fsp3) is 0.588. The van der Waals surface area contributed by atoms with Crippen LogP contribution in [-0.2, 0) is 4.79 Å². The minimum Gasteiger partial charge on any atom is -0.354 e. The quantitative estimate of drug-likeness (QED) is 0.782. The number of hydrogen-bond acceptors (Lipinski definition) is 3. The molecule has 0 bridgehead atoms. The molecule has 2 aliphatic rings. The number of nitrogens with one attached hydrogen (secondary N) is 2. The van der Waals surface area contributed by atoms with Crippen LogP contribution >= 0.6 is 24.0 Å². The van der Waals surface area contributed by atoms with Crippen molar-refractivity contribution >= 4 is 29.9 Å². The van der Waals surface area contributed by atoms with Crippen molar-refractivity contribution in [1.29, 1.82) is 0 Å².